The molecule has 1 aromatic rings. The van der Waals surface area contributed by atoms with Crippen LogP contribution in [0.3, 0.4) is 0 Å². The highest BCUT2D eigenvalue weighted by atomic mass is 16.6. The summed E-state index contributed by atoms with van der Waals surface area (Å²) in [5.41, 5.74) is 0.873. The van der Waals surface area contributed by atoms with Gasteiger partial charge in [-0.25, -0.2) is 0 Å². The van der Waals surface area contributed by atoms with Crippen LogP contribution in [0.1, 0.15) is 19.4 Å². The Balaban J connectivity index is 2.12. The molecule has 0 N–H and O–H groups in total. The van der Waals surface area contributed by atoms with Gasteiger partial charge in [-0.15, -0.1) is 0 Å². The predicted molar refractivity (Wildman–Crippen MR) is 74.6 cm³/mol. The van der Waals surface area contributed by atoms with Crippen molar-refractivity contribution in [1.29, 1.82) is 0 Å². The van der Waals surface area contributed by atoms with Gasteiger partial charge in [0.1, 0.15) is 11.7 Å². The first-order valence-corrected chi connectivity index (χ1v) is 6.84. The van der Waals surface area contributed by atoms with Gasteiger partial charge >= 0.3 is 5.97 Å². The van der Waals surface area contributed by atoms with Crippen LogP contribution in [0.5, 0.6) is 0 Å². The maximum Gasteiger partial charge on any atom is 0.316 e. The zero-order chi connectivity index (χ0) is 15.6. The lowest BCUT2D eigenvalue weighted by Crippen LogP contribution is -2.30. The van der Waals surface area contributed by atoms with Gasteiger partial charge < -0.3 is 4.74 Å². The molecule has 1 fully saturated rings. The van der Waals surface area contributed by atoms with Crippen LogP contribution in [-0.2, 0) is 20.7 Å². The van der Waals surface area contributed by atoms with Crippen LogP contribution in [0.4, 0.5) is 5.69 Å². The van der Waals surface area contributed by atoms with E-state index in [0.29, 0.717) is 6.42 Å². The zero-order valence-corrected chi connectivity index (χ0v) is 11.9. The molecule has 1 aromatic carbocycles. The lowest BCUT2D eigenvalue weighted by Gasteiger charge is -2.16. The van der Waals surface area contributed by atoms with Gasteiger partial charge in [0.2, 0.25) is 0 Å². The molecule has 0 unspecified atom stereocenters. The number of cyclic esters (lactones) is 1. The highest BCUT2D eigenvalue weighted by Gasteiger charge is 2.42. The predicted octanol–water partition coefficient (Wildman–Crippen LogP) is 2.15. The van der Waals surface area contributed by atoms with Crippen LogP contribution >= 0.6 is 0 Å². The molecule has 6 heteroatoms. The third kappa shape index (κ3) is 3.26. The smallest absolute Gasteiger partial charge is 0.316 e. The Morgan fingerprint density at radius 2 is 2.00 bits per heavy atom. The molecule has 0 bridgehead atoms. The van der Waals surface area contributed by atoms with E-state index in [4.69, 9.17) is 4.74 Å². The Hall–Kier alpha value is -2.24. The summed E-state index contributed by atoms with van der Waals surface area (Å²) in [6, 6.07) is 6.15. The summed E-state index contributed by atoms with van der Waals surface area (Å²) in [5, 5.41) is 10.6. The van der Waals surface area contributed by atoms with Crippen molar-refractivity contribution >= 4 is 17.4 Å². The Morgan fingerprint density at radius 3 is 2.52 bits per heavy atom. The number of carbonyl (C=O) groups is 2. The highest BCUT2D eigenvalue weighted by Crippen LogP contribution is 2.29. The largest absolute Gasteiger partial charge is 0.465 e. The molecule has 0 saturated carbocycles. The fourth-order valence-corrected chi connectivity index (χ4v) is 2.51. The third-order valence-corrected chi connectivity index (χ3v) is 3.69. The molecule has 0 amide bonds. The summed E-state index contributed by atoms with van der Waals surface area (Å²) >= 11 is 0. The van der Waals surface area contributed by atoms with E-state index in [1.807, 2.05) is 0 Å². The molecule has 0 aliphatic carbocycles. The first kappa shape index (κ1) is 15.2. The van der Waals surface area contributed by atoms with Gasteiger partial charge in [0.15, 0.2) is 0 Å². The van der Waals surface area contributed by atoms with Gasteiger partial charge in [0.25, 0.3) is 5.69 Å². The van der Waals surface area contributed by atoms with Gasteiger partial charge in [0, 0.05) is 24.0 Å². The maximum absolute atomic E-state index is 12.1. The van der Waals surface area contributed by atoms with Crippen molar-refractivity contribution in [2.24, 2.45) is 17.8 Å². The van der Waals surface area contributed by atoms with Crippen LogP contribution in [0.15, 0.2) is 24.3 Å². The van der Waals surface area contributed by atoms with E-state index in [1.54, 1.807) is 26.0 Å². The van der Waals surface area contributed by atoms with Gasteiger partial charge in [-0.3, -0.25) is 19.7 Å². The zero-order valence-electron chi connectivity index (χ0n) is 11.9. The quantitative estimate of drug-likeness (QED) is 0.359. The summed E-state index contributed by atoms with van der Waals surface area (Å²) in [6.45, 7) is 3.74. The second-order valence-corrected chi connectivity index (χ2v) is 5.55. The fourth-order valence-electron chi connectivity index (χ4n) is 2.51. The van der Waals surface area contributed by atoms with Gasteiger partial charge in [-0.1, -0.05) is 26.0 Å². The molecule has 2 atom stereocenters. The van der Waals surface area contributed by atoms with Crippen LogP contribution in [0, 0.1) is 27.9 Å². The number of carbonyl (C=O) groups excluding carboxylic acids is 2. The highest BCUT2D eigenvalue weighted by molar-refractivity contribution is 6.01. The topological polar surface area (TPSA) is 86.5 Å². The molecule has 1 aliphatic heterocycles. The molecule has 1 heterocycles. The van der Waals surface area contributed by atoms with E-state index in [2.05, 4.69) is 0 Å². The maximum atomic E-state index is 12.1. The standard InChI is InChI=1S/C15H17NO5/c1-9(2)14(17)13-11(8-21-15(13)18)7-10-3-5-12(6-4-10)16(19)20/h3-6,9,11,13H,7-8H2,1-2H3/t11-,13-/m0/s1. The molecule has 21 heavy (non-hydrogen) atoms. The van der Waals surface area contributed by atoms with Crippen molar-refractivity contribution in [2.75, 3.05) is 6.61 Å². The monoisotopic (exact) mass is 291 g/mol. The van der Waals surface area contributed by atoms with E-state index in [9.17, 15) is 19.7 Å². The first-order chi connectivity index (χ1) is 9.90. The summed E-state index contributed by atoms with van der Waals surface area (Å²) < 4.78 is 5.02. The number of nitrogens with zero attached hydrogens (tertiary/aromatic N) is 1. The number of ketones is 1. The molecule has 0 aromatic heterocycles. The second kappa shape index (κ2) is 6.03. The van der Waals surface area contributed by atoms with Crippen molar-refractivity contribution in [3.8, 4) is 0 Å². The number of esters is 1. The van der Waals surface area contributed by atoms with Gasteiger partial charge in [0.05, 0.1) is 11.5 Å². The average molecular weight is 291 g/mol. The lowest BCUT2D eigenvalue weighted by atomic mass is 9.83. The third-order valence-electron chi connectivity index (χ3n) is 3.69. The van der Waals surface area contributed by atoms with Crippen LogP contribution in [-0.4, -0.2) is 23.3 Å². The lowest BCUT2D eigenvalue weighted by molar-refractivity contribution is -0.384. The number of nitro benzene ring substituents is 1. The van der Waals surface area contributed by atoms with Crippen molar-refractivity contribution < 1.29 is 19.2 Å². The van der Waals surface area contributed by atoms with Crippen LogP contribution in [0.2, 0.25) is 0 Å². The summed E-state index contributed by atoms with van der Waals surface area (Å²) in [4.78, 5) is 34.0. The van der Waals surface area contributed by atoms with Crippen LogP contribution < -0.4 is 0 Å². The van der Waals surface area contributed by atoms with E-state index >= 15 is 0 Å². The molecule has 112 valence electrons. The number of benzene rings is 1. The average Bonchev–Trinajstić information content (AvgIpc) is 2.79. The minimum absolute atomic E-state index is 0.0207. The Kier molecular flexibility index (Phi) is 4.35. The molecule has 6 nitrogen and oxygen atoms in total. The second-order valence-electron chi connectivity index (χ2n) is 5.55. The molecular formula is C15H17NO5. The fraction of sp³-hybridized carbons (Fsp3) is 0.467. The number of ether oxygens (including phenoxy) is 1. The van der Waals surface area contributed by atoms with Crippen molar-refractivity contribution in [2.45, 2.75) is 20.3 Å². The molecule has 1 aliphatic rings. The summed E-state index contributed by atoms with van der Waals surface area (Å²) in [7, 11) is 0. The number of rotatable bonds is 5. The number of nitro groups is 1. The van der Waals surface area contributed by atoms with E-state index in [0.717, 1.165) is 5.56 Å². The number of hydrogen-bond acceptors (Lipinski definition) is 5. The van der Waals surface area contributed by atoms with Crippen molar-refractivity contribution in [1.82, 2.24) is 0 Å². The molecule has 1 saturated heterocycles. The molecule has 2 rings (SSSR count). The van der Waals surface area contributed by atoms with E-state index in [-0.39, 0.29) is 29.9 Å². The minimum atomic E-state index is -0.722. The number of Topliss-reactive ketones (excluding diaryl/α,β-unsaturated/α-hetero) is 1. The van der Waals surface area contributed by atoms with E-state index in [1.165, 1.54) is 12.1 Å². The number of non-ortho nitro benzene ring substituents is 1. The van der Waals surface area contributed by atoms with Gasteiger partial charge in [-0.2, -0.15) is 0 Å². The molecular weight excluding hydrogens is 274 g/mol. The normalized spacial score (nSPS) is 21.4. The first-order valence-electron chi connectivity index (χ1n) is 6.84. The summed E-state index contributed by atoms with van der Waals surface area (Å²) in [6.07, 6.45) is 0.493. The Labute approximate surface area is 122 Å². The SMILES string of the molecule is CC(C)C(=O)[C@H]1C(=O)OC[C@@H]1Cc1ccc([N+](=O)[O-])cc1. The van der Waals surface area contributed by atoms with Crippen molar-refractivity contribution in [3.05, 3.63) is 39.9 Å². The minimum Gasteiger partial charge on any atom is -0.465 e. The van der Waals surface area contributed by atoms with Crippen molar-refractivity contribution in [3.63, 3.8) is 0 Å². The molecule has 0 spiro atoms. The Bertz CT molecular complexity index is 564. The van der Waals surface area contributed by atoms with E-state index < -0.39 is 16.8 Å². The van der Waals surface area contributed by atoms with Gasteiger partial charge in [-0.05, 0) is 12.0 Å². The summed E-state index contributed by atoms with van der Waals surface area (Å²) in [5.74, 6) is -1.71. The molecule has 0 radical (unpaired) electrons. The number of hydrogen-bond donors (Lipinski definition) is 0. The van der Waals surface area contributed by atoms with Crippen LogP contribution in [0.25, 0.3) is 0 Å². The Morgan fingerprint density at radius 1 is 1.38 bits per heavy atom.